The lowest BCUT2D eigenvalue weighted by Crippen LogP contribution is -2.55. The Balaban J connectivity index is 2.52. The second-order valence-electron chi connectivity index (χ2n) is 3.90. The lowest BCUT2D eigenvalue weighted by atomic mass is 10.2. The molecule has 7 nitrogen and oxygen atoms in total. The van der Waals surface area contributed by atoms with Crippen molar-refractivity contribution in [3.8, 4) is 0 Å². The number of hydrogen-bond acceptors (Lipinski definition) is 4. The smallest absolute Gasteiger partial charge is 0.277 e. The van der Waals surface area contributed by atoms with Gasteiger partial charge >= 0.3 is 0 Å². The molecule has 1 amide bonds. The molecule has 1 aliphatic rings. The Morgan fingerprint density at radius 2 is 1.88 bits per heavy atom. The molecule has 98 valence electrons. The molecule has 0 bridgehead atoms. The van der Waals surface area contributed by atoms with Gasteiger partial charge in [-0.05, 0) is 6.42 Å². The number of nitrogens with zero attached hydrogens (tertiary/aromatic N) is 2. The molecule has 1 rings (SSSR count). The van der Waals surface area contributed by atoms with E-state index in [0.29, 0.717) is 19.5 Å². The zero-order valence-corrected chi connectivity index (χ0v) is 10.4. The van der Waals surface area contributed by atoms with Crippen molar-refractivity contribution >= 4 is 16.1 Å². The van der Waals surface area contributed by atoms with Crippen LogP contribution in [0.2, 0.25) is 0 Å². The summed E-state index contributed by atoms with van der Waals surface area (Å²) in [5.41, 5.74) is 5.66. The van der Waals surface area contributed by atoms with E-state index in [1.807, 2.05) is 0 Å². The number of hydrogen-bond donors (Lipinski definition) is 2. The highest BCUT2D eigenvalue weighted by Gasteiger charge is 2.28. The van der Waals surface area contributed by atoms with Gasteiger partial charge in [0.15, 0.2) is 0 Å². The van der Waals surface area contributed by atoms with Crippen molar-refractivity contribution in [2.24, 2.45) is 10.9 Å². The lowest BCUT2D eigenvalue weighted by Gasteiger charge is -2.34. The van der Waals surface area contributed by atoms with E-state index in [4.69, 9.17) is 10.9 Å². The second kappa shape index (κ2) is 5.58. The van der Waals surface area contributed by atoms with E-state index in [2.05, 4.69) is 6.58 Å². The van der Waals surface area contributed by atoms with Crippen LogP contribution in [0.3, 0.4) is 0 Å². The lowest BCUT2D eigenvalue weighted by molar-refractivity contribution is -0.133. The van der Waals surface area contributed by atoms with E-state index in [9.17, 15) is 13.2 Å². The largest absolute Gasteiger partial charge is 0.339 e. The van der Waals surface area contributed by atoms with E-state index in [1.54, 1.807) is 11.0 Å². The molecule has 1 fully saturated rings. The zero-order valence-electron chi connectivity index (χ0n) is 9.58. The Morgan fingerprint density at radius 3 is 2.29 bits per heavy atom. The molecule has 1 saturated heterocycles. The van der Waals surface area contributed by atoms with Gasteiger partial charge in [-0.2, -0.15) is 12.7 Å². The van der Waals surface area contributed by atoms with Crippen LogP contribution in [0.25, 0.3) is 0 Å². The Morgan fingerprint density at radius 1 is 1.35 bits per heavy atom. The number of rotatable bonds is 4. The SMILES string of the molecule is C=CCC(N)C(=O)N1CCN(S(N)(=O)=O)CC1. The van der Waals surface area contributed by atoms with Crippen LogP contribution in [0, 0.1) is 0 Å². The van der Waals surface area contributed by atoms with Crippen LogP contribution < -0.4 is 10.9 Å². The van der Waals surface area contributed by atoms with E-state index in [0.717, 1.165) is 4.31 Å². The molecule has 0 radical (unpaired) electrons. The number of carbonyl (C=O) groups is 1. The van der Waals surface area contributed by atoms with Crippen molar-refractivity contribution < 1.29 is 13.2 Å². The minimum Gasteiger partial charge on any atom is -0.339 e. The highest BCUT2D eigenvalue weighted by atomic mass is 32.2. The van der Waals surface area contributed by atoms with E-state index >= 15 is 0 Å². The summed E-state index contributed by atoms with van der Waals surface area (Å²) in [5, 5.41) is 5.00. The maximum atomic E-state index is 11.8. The van der Waals surface area contributed by atoms with Crippen molar-refractivity contribution in [3.63, 3.8) is 0 Å². The van der Waals surface area contributed by atoms with Gasteiger partial charge in [0.05, 0.1) is 6.04 Å². The Labute approximate surface area is 101 Å². The molecule has 0 saturated carbocycles. The van der Waals surface area contributed by atoms with Gasteiger partial charge in [-0.15, -0.1) is 6.58 Å². The summed E-state index contributed by atoms with van der Waals surface area (Å²) in [6.07, 6.45) is 2.00. The van der Waals surface area contributed by atoms with Crippen molar-refractivity contribution in [3.05, 3.63) is 12.7 Å². The minimum absolute atomic E-state index is 0.182. The Bertz CT molecular complexity index is 387. The normalized spacial score (nSPS) is 20.0. The molecule has 1 atom stereocenters. The minimum atomic E-state index is -3.66. The summed E-state index contributed by atoms with van der Waals surface area (Å²) in [4.78, 5) is 13.3. The van der Waals surface area contributed by atoms with Gasteiger partial charge in [0, 0.05) is 26.2 Å². The average Bonchev–Trinajstić information content (AvgIpc) is 2.27. The second-order valence-corrected chi connectivity index (χ2v) is 5.45. The quantitative estimate of drug-likeness (QED) is 0.585. The number of carbonyl (C=O) groups excluding carboxylic acids is 1. The fraction of sp³-hybridized carbons (Fsp3) is 0.667. The monoisotopic (exact) mass is 262 g/mol. The first-order valence-corrected chi connectivity index (χ1v) is 6.79. The van der Waals surface area contributed by atoms with Gasteiger partial charge in [0.25, 0.3) is 10.2 Å². The van der Waals surface area contributed by atoms with Crippen molar-refractivity contribution in [2.75, 3.05) is 26.2 Å². The third kappa shape index (κ3) is 3.77. The fourth-order valence-electron chi connectivity index (χ4n) is 1.68. The highest BCUT2D eigenvalue weighted by molar-refractivity contribution is 7.86. The predicted molar refractivity (Wildman–Crippen MR) is 64.0 cm³/mol. The van der Waals surface area contributed by atoms with Crippen molar-refractivity contribution in [2.45, 2.75) is 12.5 Å². The van der Waals surface area contributed by atoms with Gasteiger partial charge < -0.3 is 10.6 Å². The van der Waals surface area contributed by atoms with Crippen LogP contribution in [0.15, 0.2) is 12.7 Å². The Kier molecular flexibility index (Phi) is 4.63. The summed E-state index contributed by atoms with van der Waals surface area (Å²) >= 11 is 0. The third-order valence-electron chi connectivity index (χ3n) is 2.65. The maximum Gasteiger partial charge on any atom is 0.277 e. The first-order chi connectivity index (χ1) is 7.86. The number of nitrogens with two attached hydrogens (primary N) is 2. The fourth-order valence-corrected chi connectivity index (χ4v) is 2.35. The predicted octanol–water partition coefficient (Wildman–Crippen LogP) is -1.76. The molecule has 4 N–H and O–H groups in total. The molecule has 8 heteroatoms. The summed E-state index contributed by atoms with van der Waals surface area (Å²) in [6.45, 7) is 4.58. The standard InChI is InChI=1S/C9H18N4O3S/c1-2-3-8(10)9(14)12-4-6-13(7-5-12)17(11,15)16/h2,8H,1,3-7,10H2,(H2,11,15,16). The molecule has 1 unspecified atom stereocenters. The van der Waals surface area contributed by atoms with Crippen LogP contribution in [0.1, 0.15) is 6.42 Å². The van der Waals surface area contributed by atoms with Crippen LogP contribution in [-0.2, 0) is 15.0 Å². The van der Waals surface area contributed by atoms with E-state index in [-0.39, 0.29) is 19.0 Å². The van der Waals surface area contributed by atoms with Gasteiger partial charge in [0.1, 0.15) is 0 Å². The number of piperazine rings is 1. The van der Waals surface area contributed by atoms with Crippen LogP contribution in [0.4, 0.5) is 0 Å². The molecule has 0 aromatic rings. The maximum absolute atomic E-state index is 11.8. The first-order valence-electron chi connectivity index (χ1n) is 5.29. The molecular formula is C9H18N4O3S. The molecule has 0 spiro atoms. The molecule has 0 aliphatic carbocycles. The topological polar surface area (TPSA) is 110 Å². The summed E-state index contributed by atoms with van der Waals surface area (Å²) in [6, 6.07) is -0.603. The van der Waals surface area contributed by atoms with Gasteiger partial charge in [-0.3, -0.25) is 4.79 Å². The summed E-state index contributed by atoms with van der Waals surface area (Å²) in [7, 11) is -3.66. The highest BCUT2D eigenvalue weighted by Crippen LogP contribution is 2.06. The molecule has 1 aliphatic heterocycles. The Hall–Kier alpha value is -0.960. The molecule has 17 heavy (non-hydrogen) atoms. The van der Waals surface area contributed by atoms with Gasteiger partial charge in [0.2, 0.25) is 5.91 Å². The average molecular weight is 262 g/mol. The molecule has 0 aromatic carbocycles. The van der Waals surface area contributed by atoms with Crippen LogP contribution in [0.5, 0.6) is 0 Å². The van der Waals surface area contributed by atoms with E-state index < -0.39 is 16.3 Å². The molecule has 0 aromatic heterocycles. The molecule has 1 heterocycles. The van der Waals surface area contributed by atoms with E-state index in [1.165, 1.54) is 0 Å². The zero-order chi connectivity index (χ0) is 13.1. The summed E-state index contributed by atoms with van der Waals surface area (Å²) < 4.78 is 23.3. The van der Waals surface area contributed by atoms with Gasteiger partial charge in [-0.1, -0.05) is 6.08 Å². The van der Waals surface area contributed by atoms with Crippen LogP contribution in [-0.4, -0.2) is 55.8 Å². The number of amides is 1. The first kappa shape index (κ1) is 14.1. The van der Waals surface area contributed by atoms with Crippen LogP contribution >= 0.6 is 0 Å². The van der Waals surface area contributed by atoms with Gasteiger partial charge in [-0.25, -0.2) is 5.14 Å². The van der Waals surface area contributed by atoms with Crippen molar-refractivity contribution in [1.82, 2.24) is 9.21 Å². The molecular weight excluding hydrogens is 244 g/mol. The van der Waals surface area contributed by atoms with Crippen molar-refractivity contribution in [1.29, 1.82) is 0 Å². The summed E-state index contributed by atoms with van der Waals surface area (Å²) in [5.74, 6) is -0.182. The third-order valence-corrected chi connectivity index (χ3v) is 3.73.